The van der Waals surface area contributed by atoms with E-state index >= 15 is 0 Å². The van der Waals surface area contributed by atoms with Gasteiger partial charge < -0.3 is 4.74 Å². The van der Waals surface area contributed by atoms with Gasteiger partial charge in [0.15, 0.2) is 0 Å². The van der Waals surface area contributed by atoms with Crippen LogP contribution in [0.5, 0.6) is 5.88 Å². The van der Waals surface area contributed by atoms with Gasteiger partial charge in [-0.3, -0.25) is 0 Å². The van der Waals surface area contributed by atoms with Gasteiger partial charge >= 0.3 is 0 Å². The van der Waals surface area contributed by atoms with E-state index in [9.17, 15) is 0 Å². The fourth-order valence-corrected chi connectivity index (χ4v) is 1.27. The van der Waals surface area contributed by atoms with E-state index in [1.807, 2.05) is 19.1 Å². The summed E-state index contributed by atoms with van der Waals surface area (Å²) in [6, 6.07) is 1.63. The van der Waals surface area contributed by atoms with Crippen molar-refractivity contribution in [1.82, 2.24) is 9.97 Å². The molecule has 0 spiro atoms. The lowest BCUT2D eigenvalue weighted by Crippen LogP contribution is -2.01. The van der Waals surface area contributed by atoms with Crippen LogP contribution in [0, 0.1) is 0 Å². The van der Waals surface area contributed by atoms with E-state index in [1.54, 1.807) is 6.07 Å². The number of rotatable bonds is 5. The molecule has 15 heavy (non-hydrogen) atoms. The highest BCUT2D eigenvalue weighted by molar-refractivity contribution is 6.29. The van der Waals surface area contributed by atoms with Gasteiger partial charge in [0.05, 0.1) is 0 Å². The minimum Gasteiger partial charge on any atom is -0.473 e. The Bertz CT molecular complexity index is 339. The van der Waals surface area contributed by atoms with Gasteiger partial charge in [-0.2, -0.15) is 4.98 Å². The van der Waals surface area contributed by atoms with E-state index < -0.39 is 0 Å². The second kappa shape index (κ2) is 6.40. The summed E-state index contributed by atoms with van der Waals surface area (Å²) in [5.74, 6) is 1.28. The topological polar surface area (TPSA) is 35.0 Å². The first kappa shape index (κ1) is 12.0. The molecule has 0 bridgehead atoms. The highest BCUT2D eigenvalue weighted by Gasteiger charge is 2.02. The van der Waals surface area contributed by atoms with Gasteiger partial charge in [0, 0.05) is 12.5 Å². The van der Waals surface area contributed by atoms with Gasteiger partial charge in [-0.1, -0.05) is 30.7 Å². The molecule has 0 aliphatic carbocycles. The maximum atomic E-state index is 5.85. The number of aryl methyl sites for hydroxylation is 1. The molecule has 4 heteroatoms. The van der Waals surface area contributed by atoms with E-state index in [2.05, 4.69) is 16.9 Å². The Labute approximate surface area is 95.2 Å². The Morgan fingerprint density at radius 3 is 2.93 bits per heavy atom. The molecular weight excluding hydrogens is 212 g/mol. The molecule has 0 aliphatic heterocycles. The zero-order valence-electron chi connectivity index (χ0n) is 9.03. The monoisotopic (exact) mass is 226 g/mol. The molecule has 0 unspecified atom stereocenters. The molecule has 0 N–H and O–H groups in total. The second-order valence-corrected chi connectivity index (χ2v) is 3.46. The van der Waals surface area contributed by atoms with Crippen molar-refractivity contribution >= 4 is 11.6 Å². The fraction of sp³-hybridized carbons (Fsp3) is 0.455. The molecule has 1 rings (SSSR count). The standard InChI is InChI=1S/C11H15ClN2O/c1-3-5-7-15-11-8-9(12)13-10(14-11)6-4-2/h3,5,8H,4,6-7H2,1-2H3/b5-3+. The summed E-state index contributed by atoms with van der Waals surface area (Å²) in [5.41, 5.74) is 0. The summed E-state index contributed by atoms with van der Waals surface area (Å²) in [7, 11) is 0. The Hall–Kier alpha value is -1.09. The van der Waals surface area contributed by atoms with Crippen molar-refractivity contribution in [3.8, 4) is 5.88 Å². The summed E-state index contributed by atoms with van der Waals surface area (Å²) < 4.78 is 5.39. The van der Waals surface area contributed by atoms with Crippen molar-refractivity contribution in [1.29, 1.82) is 0 Å². The van der Waals surface area contributed by atoms with Crippen molar-refractivity contribution in [2.45, 2.75) is 26.7 Å². The lowest BCUT2D eigenvalue weighted by Gasteiger charge is -2.04. The lowest BCUT2D eigenvalue weighted by atomic mass is 10.3. The summed E-state index contributed by atoms with van der Waals surface area (Å²) in [5, 5.41) is 0.434. The van der Waals surface area contributed by atoms with Crippen LogP contribution in [-0.4, -0.2) is 16.6 Å². The highest BCUT2D eigenvalue weighted by Crippen LogP contribution is 2.14. The Balaban J connectivity index is 2.70. The van der Waals surface area contributed by atoms with E-state index in [-0.39, 0.29) is 0 Å². The summed E-state index contributed by atoms with van der Waals surface area (Å²) in [6.07, 6.45) is 5.65. The first-order valence-electron chi connectivity index (χ1n) is 5.03. The summed E-state index contributed by atoms with van der Waals surface area (Å²) in [4.78, 5) is 8.35. The number of allylic oxidation sites excluding steroid dienone is 1. The van der Waals surface area contributed by atoms with Crippen LogP contribution in [0.1, 0.15) is 26.1 Å². The van der Waals surface area contributed by atoms with Crippen LogP contribution in [0.3, 0.4) is 0 Å². The van der Waals surface area contributed by atoms with Crippen LogP contribution in [0.4, 0.5) is 0 Å². The number of hydrogen-bond acceptors (Lipinski definition) is 3. The minimum atomic E-state index is 0.434. The molecule has 1 aromatic heterocycles. The third-order valence-corrected chi connectivity index (χ3v) is 1.95. The van der Waals surface area contributed by atoms with Gasteiger partial charge in [0.2, 0.25) is 5.88 Å². The SMILES string of the molecule is C/C=C/COc1cc(Cl)nc(CCC)n1. The first-order chi connectivity index (χ1) is 7.26. The van der Waals surface area contributed by atoms with Crippen molar-refractivity contribution in [3.63, 3.8) is 0 Å². The number of nitrogens with zero attached hydrogens (tertiary/aromatic N) is 2. The molecule has 0 saturated heterocycles. The van der Waals surface area contributed by atoms with Crippen LogP contribution in [-0.2, 0) is 6.42 Å². The molecule has 0 fully saturated rings. The van der Waals surface area contributed by atoms with Crippen LogP contribution < -0.4 is 4.74 Å². The number of ether oxygens (including phenoxy) is 1. The zero-order valence-corrected chi connectivity index (χ0v) is 9.79. The Kier molecular flexibility index (Phi) is 5.12. The average Bonchev–Trinajstić information content (AvgIpc) is 2.18. The normalized spacial score (nSPS) is 10.9. The van der Waals surface area contributed by atoms with Gasteiger partial charge in [0.1, 0.15) is 17.6 Å². The smallest absolute Gasteiger partial charge is 0.218 e. The maximum absolute atomic E-state index is 5.85. The van der Waals surface area contributed by atoms with Gasteiger partial charge in [-0.25, -0.2) is 4.98 Å². The third-order valence-electron chi connectivity index (χ3n) is 1.75. The molecule has 3 nitrogen and oxygen atoms in total. The number of halogens is 1. The number of aromatic nitrogens is 2. The molecule has 0 aromatic carbocycles. The molecular formula is C11H15ClN2O. The summed E-state index contributed by atoms with van der Waals surface area (Å²) >= 11 is 5.85. The lowest BCUT2D eigenvalue weighted by molar-refractivity contribution is 0.346. The van der Waals surface area contributed by atoms with E-state index in [4.69, 9.17) is 16.3 Å². The quantitative estimate of drug-likeness (QED) is 0.572. The fourth-order valence-electron chi connectivity index (χ4n) is 1.08. The third kappa shape index (κ3) is 4.30. The second-order valence-electron chi connectivity index (χ2n) is 3.08. The predicted molar refractivity (Wildman–Crippen MR) is 61.3 cm³/mol. The Morgan fingerprint density at radius 2 is 2.27 bits per heavy atom. The number of hydrogen-bond donors (Lipinski definition) is 0. The van der Waals surface area contributed by atoms with Crippen molar-refractivity contribution in [2.24, 2.45) is 0 Å². The Morgan fingerprint density at radius 1 is 1.47 bits per heavy atom. The zero-order chi connectivity index (χ0) is 11.1. The molecule has 1 aromatic rings. The molecule has 1 heterocycles. The van der Waals surface area contributed by atoms with Crippen molar-refractivity contribution in [2.75, 3.05) is 6.61 Å². The molecule has 0 atom stereocenters. The molecule has 82 valence electrons. The molecule has 0 saturated carbocycles. The molecule has 0 amide bonds. The van der Waals surface area contributed by atoms with Crippen molar-refractivity contribution in [3.05, 3.63) is 29.2 Å². The van der Waals surface area contributed by atoms with Crippen LogP contribution in [0.25, 0.3) is 0 Å². The molecule has 0 radical (unpaired) electrons. The van der Waals surface area contributed by atoms with E-state index in [1.165, 1.54) is 0 Å². The first-order valence-corrected chi connectivity index (χ1v) is 5.41. The highest BCUT2D eigenvalue weighted by atomic mass is 35.5. The van der Waals surface area contributed by atoms with Crippen LogP contribution in [0.15, 0.2) is 18.2 Å². The molecule has 0 aliphatic rings. The van der Waals surface area contributed by atoms with Gasteiger partial charge in [-0.15, -0.1) is 0 Å². The van der Waals surface area contributed by atoms with E-state index in [0.29, 0.717) is 17.6 Å². The van der Waals surface area contributed by atoms with Crippen LogP contribution >= 0.6 is 11.6 Å². The predicted octanol–water partition coefficient (Wildman–Crippen LogP) is 3.04. The van der Waals surface area contributed by atoms with E-state index in [0.717, 1.165) is 18.7 Å². The van der Waals surface area contributed by atoms with Gasteiger partial charge in [-0.05, 0) is 13.3 Å². The van der Waals surface area contributed by atoms with Crippen LogP contribution in [0.2, 0.25) is 5.15 Å². The van der Waals surface area contributed by atoms with Crippen molar-refractivity contribution < 1.29 is 4.74 Å². The average molecular weight is 227 g/mol. The largest absolute Gasteiger partial charge is 0.473 e. The maximum Gasteiger partial charge on any atom is 0.218 e. The summed E-state index contributed by atoms with van der Waals surface area (Å²) in [6.45, 7) is 4.53. The minimum absolute atomic E-state index is 0.434. The van der Waals surface area contributed by atoms with Gasteiger partial charge in [0.25, 0.3) is 0 Å².